The predicted molar refractivity (Wildman–Crippen MR) is 115 cm³/mol. The molecule has 9 nitrogen and oxygen atoms in total. The van der Waals surface area contributed by atoms with Crippen LogP contribution in [0.3, 0.4) is 0 Å². The first kappa shape index (κ1) is 18.0. The van der Waals surface area contributed by atoms with Gasteiger partial charge in [0.25, 0.3) is 0 Å². The minimum Gasteiger partial charge on any atom is -0.486 e. The highest BCUT2D eigenvalue weighted by Gasteiger charge is 2.20. The fourth-order valence-corrected chi connectivity index (χ4v) is 3.55. The lowest BCUT2D eigenvalue weighted by molar-refractivity contribution is -0.0796. The van der Waals surface area contributed by atoms with Crippen LogP contribution < -0.4 is 20.1 Å². The van der Waals surface area contributed by atoms with Gasteiger partial charge < -0.3 is 29.2 Å². The van der Waals surface area contributed by atoms with E-state index in [9.17, 15) is 0 Å². The van der Waals surface area contributed by atoms with Crippen LogP contribution in [-0.4, -0.2) is 51.8 Å². The van der Waals surface area contributed by atoms with E-state index in [0.29, 0.717) is 31.5 Å². The van der Waals surface area contributed by atoms with Gasteiger partial charge in [-0.1, -0.05) is 0 Å². The van der Waals surface area contributed by atoms with Gasteiger partial charge in [0.05, 0.1) is 24.6 Å². The third-order valence-corrected chi connectivity index (χ3v) is 5.20. The largest absolute Gasteiger partial charge is 0.486 e. The van der Waals surface area contributed by atoms with Crippen molar-refractivity contribution in [1.29, 1.82) is 0 Å². The quantitative estimate of drug-likeness (QED) is 0.513. The maximum Gasteiger partial charge on any atom is 0.237 e. The van der Waals surface area contributed by atoms with Gasteiger partial charge in [0.2, 0.25) is 5.88 Å². The second kappa shape index (κ2) is 7.44. The molecule has 1 aromatic carbocycles. The van der Waals surface area contributed by atoms with Gasteiger partial charge in [0.15, 0.2) is 11.5 Å². The van der Waals surface area contributed by atoms with E-state index >= 15 is 0 Å². The van der Waals surface area contributed by atoms with Crippen molar-refractivity contribution >= 4 is 22.8 Å². The van der Waals surface area contributed by atoms with E-state index in [4.69, 9.17) is 19.2 Å². The number of hydrogen-bond acceptors (Lipinski definition) is 8. The van der Waals surface area contributed by atoms with Crippen molar-refractivity contribution in [3.05, 3.63) is 55.1 Å². The fraction of sp³-hybridized carbons (Fsp3) is 0.227. The molecule has 2 N–H and O–H groups in total. The second-order valence-electron chi connectivity index (χ2n) is 7.41. The summed E-state index contributed by atoms with van der Waals surface area (Å²) in [6.07, 6.45) is 7.52. The molecule has 1 fully saturated rings. The van der Waals surface area contributed by atoms with Crippen molar-refractivity contribution in [2.75, 3.05) is 37.0 Å². The second-order valence-corrected chi connectivity index (χ2v) is 7.41. The molecule has 0 radical (unpaired) electrons. The van der Waals surface area contributed by atoms with Crippen molar-refractivity contribution in [3.8, 4) is 22.9 Å². The first-order valence-electron chi connectivity index (χ1n) is 10.1. The molecular formula is C22H20N6O3. The van der Waals surface area contributed by atoms with Gasteiger partial charge in [0.1, 0.15) is 18.5 Å². The van der Waals surface area contributed by atoms with Crippen LogP contribution in [0.1, 0.15) is 0 Å². The van der Waals surface area contributed by atoms with E-state index in [1.807, 2.05) is 47.1 Å². The van der Waals surface area contributed by atoms with Crippen LogP contribution in [-0.2, 0) is 4.74 Å². The van der Waals surface area contributed by atoms with Crippen molar-refractivity contribution in [1.82, 2.24) is 19.4 Å². The molecule has 0 bridgehead atoms. The van der Waals surface area contributed by atoms with Crippen molar-refractivity contribution < 1.29 is 14.2 Å². The number of fused-ring (bicyclic) bond motifs is 2. The molecule has 31 heavy (non-hydrogen) atoms. The average Bonchev–Trinajstić information content (AvgIpc) is 3.26. The van der Waals surface area contributed by atoms with Gasteiger partial charge in [-0.15, -0.1) is 0 Å². The summed E-state index contributed by atoms with van der Waals surface area (Å²) in [5.74, 6) is 2.10. The van der Waals surface area contributed by atoms with Gasteiger partial charge in [-0.2, -0.15) is 0 Å². The molecule has 3 aromatic heterocycles. The minimum atomic E-state index is 0.145. The Morgan fingerprint density at radius 3 is 2.90 bits per heavy atom. The van der Waals surface area contributed by atoms with Crippen LogP contribution in [0.2, 0.25) is 0 Å². The Bertz CT molecular complexity index is 1240. The Hall–Kier alpha value is -3.85. The lowest BCUT2D eigenvalue weighted by Crippen LogP contribution is -2.38. The molecule has 0 saturated carbocycles. The number of aromatic nitrogens is 4. The summed E-state index contributed by atoms with van der Waals surface area (Å²) in [5, 5.41) is 6.70. The van der Waals surface area contributed by atoms with E-state index < -0.39 is 0 Å². The highest BCUT2D eigenvalue weighted by Crippen LogP contribution is 2.31. The maximum absolute atomic E-state index is 5.83. The lowest BCUT2D eigenvalue weighted by atomic mass is 10.2. The third-order valence-electron chi connectivity index (χ3n) is 5.20. The Balaban J connectivity index is 1.31. The van der Waals surface area contributed by atoms with Gasteiger partial charge >= 0.3 is 0 Å². The van der Waals surface area contributed by atoms with Gasteiger partial charge in [-0.05, 0) is 30.3 Å². The normalized spacial score (nSPS) is 15.5. The molecule has 0 spiro atoms. The molecule has 0 unspecified atom stereocenters. The number of pyridine rings is 1. The van der Waals surface area contributed by atoms with Crippen LogP contribution in [0.4, 0.5) is 17.2 Å². The number of nitrogens with one attached hydrogen (secondary N) is 2. The summed E-state index contributed by atoms with van der Waals surface area (Å²) in [4.78, 5) is 13.7. The lowest BCUT2D eigenvalue weighted by Gasteiger charge is -2.26. The molecule has 6 rings (SSSR count). The highest BCUT2D eigenvalue weighted by molar-refractivity contribution is 5.75. The molecule has 4 aromatic rings. The Morgan fingerprint density at radius 2 is 2.06 bits per heavy atom. The highest BCUT2D eigenvalue weighted by atomic mass is 16.6. The SMILES string of the molecule is c1cn2cc(-c3cnc4c(c3)NCCO4)nc(Nc3ccc(OC4COC4)cc3)c2n1. The monoisotopic (exact) mass is 416 g/mol. The molecule has 0 aliphatic carbocycles. The van der Waals surface area contributed by atoms with Crippen LogP contribution >= 0.6 is 0 Å². The van der Waals surface area contributed by atoms with E-state index in [1.54, 1.807) is 12.4 Å². The summed E-state index contributed by atoms with van der Waals surface area (Å²) in [7, 11) is 0. The van der Waals surface area contributed by atoms with Crippen molar-refractivity contribution in [2.45, 2.75) is 6.10 Å². The Kier molecular flexibility index (Phi) is 4.31. The van der Waals surface area contributed by atoms with E-state index in [-0.39, 0.29) is 6.10 Å². The molecule has 2 aliphatic rings. The molecule has 156 valence electrons. The van der Waals surface area contributed by atoms with Crippen LogP contribution in [0.25, 0.3) is 16.9 Å². The fourth-order valence-electron chi connectivity index (χ4n) is 3.55. The number of rotatable bonds is 5. The first-order valence-corrected chi connectivity index (χ1v) is 10.1. The summed E-state index contributed by atoms with van der Waals surface area (Å²) in [6, 6.07) is 9.81. The number of imidazole rings is 1. The van der Waals surface area contributed by atoms with Crippen LogP contribution in [0.5, 0.6) is 11.6 Å². The zero-order chi connectivity index (χ0) is 20.6. The van der Waals surface area contributed by atoms with Gasteiger partial charge in [0, 0.05) is 42.6 Å². The van der Waals surface area contributed by atoms with E-state index in [0.717, 1.165) is 40.6 Å². The summed E-state index contributed by atoms with van der Waals surface area (Å²) in [5.41, 5.74) is 4.18. The van der Waals surface area contributed by atoms with E-state index in [1.165, 1.54) is 0 Å². The van der Waals surface area contributed by atoms with Crippen molar-refractivity contribution in [3.63, 3.8) is 0 Å². The smallest absolute Gasteiger partial charge is 0.237 e. The number of ether oxygens (including phenoxy) is 3. The predicted octanol–water partition coefficient (Wildman–Crippen LogP) is 3.12. The molecule has 9 heteroatoms. The van der Waals surface area contributed by atoms with Crippen molar-refractivity contribution in [2.24, 2.45) is 0 Å². The summed E-state index contributed by atoms with van der Waals surface area (Å²) < 4.78 is 18.5. The summed E-state index contributed by atoms with van der Waals surface area (Å²) >= 11 is 0. The van der Waals surface area contributed by atoms with E-state index in [2.05, 4.69) is 20.6 Å². The zero-order valence-corrected chi connectivity index (χ0v) is 16.6. The molecule has 0 amide bonds. The molecule has 5 heterocycles. The van der Waals surface area contributed by atoms with Crippen LogP contribution in [0, 0.1) is 0 Å². The Labute approximate surface area is 178 Å². The molecule has 0 atom stereocenters. The third kappa shape index (κ3) is 3.49. The zero-order valence-electron chi connectivity index (χ0n) is 16.6. The number of hydrogen-bond donors (Lipinski definition) is 2. The average molecular weight is 416 g/mol. The summed E-state index contributed by atoms with van der Waals surface area (Å²) in [6.45, 7) is 2.67. The van der Waals surface area contributed by atoms with Gasteiger partial charge in [-0.3, -0.25) is 0 Å². The topological polar surface area (TPSA) is 94.8 Å². The minimum absolute atomic E-state index is 0.145. The first-order chi connectivity index (χ1) is 15.3. The maximum atomic E-state index is 5.83. The van der Waals surface area contributed by atoms with Crippen LogP contribution in [0.15, 0.2) is 55.1 Å². The molecular weight excluding hydrogens is 396 g/mol. The Morgan fingerprint density at radius 1 is 1.16 bits per heavy atom. The number of benzene rings is 1. The number of nitrogens with zero attached hydrogens (tertiary/aromatic N) is 4. The molecule has 1 saturated heterocycles. The molecule has 2 aliphatic heterocycles. The number of anilines is 3. The van der Waals surface area contributed by atoms with Gasteiger partial charge in [-0.25, -0.2) is 15.0 Å². The standard InChI is InChI=1S/C22H20N6O3/c1-3-16(31-17-12-29-13-17)4-2-15(1)26-20-21-24-5-7-28(21)11-19(27-20)14-9-18-22(25-10-14)30-8-6-23-18/h1-5,7,9-11,17,23H,6,8,12-13H2,(H,26,27).